The van der Waals surface area contributed by atoms with E-state index in [0.29, 0.717) is 63.9 Å². The second-order valence-corrected chi connectivity index (χ2v) is 10.3. The van der Waals surface area contributed by atoms with E-state index in [-0.39, 0.29) is 5.91 Å². The molecular formula is C31H37F3N2O6. The van der Waals surface area contributed by atoms with Crippen LogP contribution in [0.5, 0.6) is 0 Å². The normalized spacial score (nSPS) is 11.9. The standard InChI is InChI=1S/C31H37F3N2O6/c1-30(2,3)42-29(38)36-14-16-40-18-20-41-19-17-39-15-13-35-28(37)24-9-12-27-23(21-24)5-4-6-26(27)22-7-10-25(11-8-22)31(32,33)34/h4-12,21H,13-20H2,1-3H3,(H,35,37)(H,36,38). The van der Waals surface area contributed by atoms with Gasteiger partial charge in [0.2, 0.25) is 0 Å². The molecule has 0 atom stereocenters. The summed E-state index contributed by atoms with van der Waals surface area (Å²) in [6.45, 7) is 8.19. The summed E-state index contributed by atoms with van der Waals surface area (Å²) in [6, 6.07) is 15.8. The van der Waals surface area contributed by atoms with Crippen LogP contribution in [0.3, 0.4) is 0 Å². The van der Waals surface area contributed by atoms with Crippen LogP contribution in [0, 0.1) is 0 Å². The van der Waals surface area contributed by atoms with Crippen LogP contribution in [-0.4, -0.2) is 70.3 Å². The van der Waals surface area contributed by atoms with Crippen LogP contribution in [-0.2, 0) is 25.1 Å². The second kappa shape index (κ2) is 15.5. The number of fused-ring (bicyclic) bond motifs is 1. The molecule has 0 unspecified atom stereocenters. The molecule has 3 rings (SSSR count). The van der Waals surface area contributed by atoms with Crippen molar-refractivity contribution in [3.05, 3.63) is 71.8 Å². The predicted octanol–water partition coefficient (Wildman–Crippen LogP) is 5.83. The summed E-state index contributed by atoms with van der Waals surface area (Å²) in [6.07, 6.45) is -4.87. The Hall–Kier alpha value is -3.67. The topological polar surface area (TPSA) is 95.1 Å². The number of carbonyl (C=O) groups excluding carboxylic acids is 2. The molecule has 0 saturated heterocycles. The van der Waals surface area contributed by atoms with Crippen molar-refractivity contribution < 1.29 is 41.7 Å². The van der Waals surface area contributed by atoms with E-state index in [1.807, 2.05) is 18.2 Å². The second-order valence-electron chi connectivity index (χ2n) is 10.3. The van der Waals surface area contributed by atoms with Gasteiger partial charge in [0.25, 0.3) is 5.91 Å². The van der Waals surface area contributed by atoms with Crippen LogP contribution in [0.1, 0.15) is 36.7 Å². The first-order valence-corrected chi connectivity index (χ1v) is 13.6. The highest BCUT2D eigenvalue weighted by Gasteiger charge is 2.30. The molecule has 0 aromatic heterocycles. The van der Waals surface area contributed by atoms with E-state index in [4.69, 9.17) is 18.9 Å². The Morgan fingerprint density at radius 3 is 1.93 bits per heavy atom. The Bertz CT molecular complexity index is 1310. The lowest BCUT2D eigenvalue weighted by Gasteiger charge is -2.19. The van der Waals surface area contributed by atoms with E-state index in [9.17, 15) is 22.8 Å². The number of amides is 2. The van der Waals surface area contributed by atoms with Gasteiger partial charge in [0, 0.05) is 18.7 Å². The van der Waals surface area contributed by atoms with Gasteiger partial charge in [-0.25, -0.2) is 4.79 Å². The van der Waals surface area contributed by atoms with Crippen molar-refractivity contribution in [3.63, 3.8) is 0 Å². The van der Waals surface area contributed by atoms with Gasteiger partial charge in [-0.3, -0.25) is 4.79 Å². The molecular weight excluding hydrogens is 553 g/mol. The number of ether oxygens (including phenoxy) is 4. The van der Waals surface area contributed by atoms with Crippen LogP contribution in [0.2, 0.25) is 0 Å². The van der Waals surface area contributed by atoms with E-state index in [1.54, 1.807) is 39.0 Å². The van der Waals surface area contributed by atoms with Crippen LogP contribution in [0.15, 0.2) is 60.7 Å². The van der Waals surface area contributed by atoms with Crippen LogP contribution >= 0.6 is 0 Å². The van der Waals surface area contributed by atoms with Crippen molar-refractivity contribution in [2.75, 3.05) is 52.7 Å². The van der Waals surface area contributed by atoms with Gasteiger partial charge in [0.05, 0.1) is 45.2 Å². The maximum Gasteiger partial charge on any atom is 0.416 e. The Labute approximate surface area is 243 Å². The molecule has 0 aliphatic carbocycles. The van der Waals surface area contributed by atoms with Gasteiger partial charge in [-0.2, -0.15) is 13.2 Å². The molecule has 0 aliphatic rings. The zero-order valence-corrected chi connectivity index (χ0v) is 24.0. The Kier molecular flexibility index (Phi) is 12.1. The Morgan fingerprint density at radius 1 is 0.738 bits per heavy atom. The number of carbonyl (C=O) groups is 2. The third kappa shape index (κ3) is 11.0. The van der Waals surface area contributed by atoms with Crippen molar-refractivity contribution in [2.24, 2.45) is 0 Å². The molecule has 0 aliphatic heterocycles. The first-order chi connectivity index (χ1) is 19.9. The Balaban J connectivity index is 1.30. The fourth-order valence-corrected chi connectivity index (χ4v) is 3.94. The highest BCUT2D eigenvalue weighted by atomic mass is 19.4. The van der Waals surface area contributed by atoms with Gasteiger partial charge in [-0.15, -0.1) is 0 Å². The average Bonchev–Trinajstić information content (AvgIpc) is 2.93. The van der Waals surface area contributed by atoms with E-state index < -0.39 is 23.4 Å². The lowest BCUT2D eigenvalue weighted by molar-refractivity contribution is -0.137. The van der Waals surface area contributed by atoms with Crippen LogP contribution in [0.25, 0.3) is 21.9 Å². The average molecular weight is 591 g/mol. The number of hydrogen-bond acceptors (Lipinski definition) is 6. The molecule has 11 heteroatoms. The summed E-state index contributed by atoms with van der Waals surface area (Å²) in [5.74, 6) is -0.255. The molecule has 2 N–H and O–H groups in total. The molecule has 228 valence electrons. The molecule has 0 radical (unpaired) electrons. The molecule has 0 spiro atoms. The van der Waals surface area contributed by atoms with Gasteiger partial charge < -0.3 is 29.6 Å². The molecule has 0 fully saturated rings. The number of rotatable bonds is 14. The van der Waals surface area contributed by atoms with Gasteiger partial charge in [-0.1, -0.05) is 36.4 Å². The van der Waals surface area contributed by atoms with E-state index in [1.165, 1.54) is 12.1 Å². The highest BCUT2D eigenvalue weighted by molar-refractivity contribution is 6.02. The third-order valence-corrected chi connectivity index (χ3v) is 5.86. The van der Waals surface area contributed by atoms with Gasteiger partial charge in [0.15, 0.2) is 0 Å². The summed E-state index contributed by atoms with van der Waals surface area (Å²) >= 11 is 0. The monoisotopic (exact) mass is 590 g/mol. The number of alkyl halides is 3. The van der Waals surface area contributed by atoms with Gasteiger partial charge >= 0.3 is 12.3 Å². The fourth-order valence-electron chi connectivity index (χ4n) is 3.94. The first kappa shape index (κ1) is 32.8. The van der Waals surface area contributed by atoms with Gasteiger partial charge in [-0.05, 0) is 66.9 Å². The quantitative estimate of drug-likeness (QED) is 0.230. The molecule has 2 amide bonds. The van der Waals surface area contributed by atoms with Crippen LogP contribution in [0.4, 0.5) is 18.0 Å². The van der Waals surface area contributed by atoms with E-state index >= 15 is 0 Å². The van der Waals surface area contributed by atoms with Crippen molar-refractivity contribution in [2.45, 2.75) is 32.5 Å². The third-order valence-electron chi connectivity index (χ3n) is 5.86. The van der Waals surface area contributed by atoms with E-state index in [0.717, 1.165) is 28.5 Å². The summed E-state index contributed by atoms with van der Waals surface area (Å²) in [5, 5.41) is 7.05. The number of halogens is 3. The van der Waals surface area contributed by atoms with Crippen LogP contribution < -0.4 is 10.6 Å². The SMILES string of the molecule is CC(C)(C)OC(=O)NCCOCCOCCOCCNC(=O)c1ccc2c(-c3ccc(C(F)(F)F)cc3)cccc2c1. The minimum atomic E-state index is -4.39. The minimum absolute atomic E-state index is 0.255. The molecule has 3 aromatic carbocycles. The first-order valence-electron chi connectivity index (χ1n) is 13.6. The highest BCUT2D eigenvalue weighted by Crippen LogP contribution is 2.33. The number of nitrogens with one attached hydrogen (secondary N) is 2. The zero-order valence-electron chi connectivity index (χ0n) is 24.0. The smallest absolute Gasteiger partial charge is 0.416 e. The summed E-state index contributed by atoms with van der Waals surface area (Å²) < 4.78 is 60.2. The fraction of sp³-hybridized carbons (Fsp3) is 0.419. The number of hydrogen-bond donors (Lipinski definition) is 2. The van der Waals surface area contributed by atoms with Crippen molar-refractivity contribution in [3.8, 4) is 11.1 Å². The van der Waals surface area contributed by atoms with E-state index in [2.05, 4.69) is 10.6 Å². The number of alkyl carbamates (subject to hydrolysis) is 1. The molecule has 42 heavy (non-hydrogen) atoms. The molecule has 0 heterocycles. The van der Waals surface area contributed by atoms with Crippen molar-refractivity contribution in [1.82, 2.24) is 10.6 Å². The predicted molar refractivity (Wildman–Crippen MR) is 153 cm³/mol. The number of benzene rings is 3. The Morgan fingerprint density at radius 2 is 1.33 bits per heavy atom. The van der Waals surface area contributed by atoms with Crippen molar-refractivity contribution in [1.29, 1.82) is 0 Å². The molecule has 8 nitrogen and oxygen atoms in total. The van der Waals surface area contributed by atoms with Gasteiger partial charge in [0.1, 0.15) is 5.60 Å². The maximum absolute atomic E-state index is 12.9. The molecule has 0 bridgehead atoms. The lowest BCUT2D eigenvalue weighted by atomic mass is 9.96. The molecule has 0 saturated carbocycles. The lowest BCUT2D eigenvalue weighted by Crippen LogP contribution is -2.34. The summed E-state index contributed by atoms with van der Waals surface area (Å²) in [7, 11) is 0. The largest absolute Gasteiger partial charge is 0.444 e. The maximum atomic E-state index is 12.9. The summed E-state index contributed by atoms with van der Waals surface area (Å²) in [4.78, 5) is 24.1. The minimum Gasteiger partial charge on any atom is -0.444 e. The zero-order chi connectivity index (χ0) is 30.6. The van der Waals surface area contributed by atoms with Crippen molar-refractivity contribution >= 4 is 22.8 Å². The summed E-state index contributed by atoms with van der Waals surface area (Å²) in [5.41, 5.74) is 0.670. The molecule has 3 aromatic rings.